The van der Waals surface area contributed by atoms with Gasteiger partial charge >= 0.3 is 0 Å². The quantitative estimate of drug-likeness (QED) is 0.929. The predicted molar refractivity (Wildman–Crippen MR) is 74.5 cm³/mol. The Hall–Kier alpha value is -0.230. The number of thiazole rings is 1. The van der Waals surface area contributed by atoms with Crippen molar-refractivity contribution in [3.8, 4) is 0 Å². The Morgan fingerprint density at radius 3 is 2.62 bits per heavy atom. The molecule has 0 fully saturated rings. The van der Waals surface area contributed by atoms with Crippen LogP contribution in [-0.2, 0) is 0 Å². The summed E-state index contributed by atoms with van der Waals surface area (Å²) in [6, 6.07) is 2.37. The highest BCUT2D eigenvalue weighted by atomic mass is 79.9. The molecule has 0 bridgehead atoms. The SMILES string of the molecule is CNC(c1cc(Br)cs1)c1nc(C)c(C)s1. The second-order valence-electron chi connectivity index (χ2n) is 3.58. The zero-order valence-electron chi connectivity index (χ0n) is 9.37. The van der Waals surface area contributed by atoms with Crippen LogP contribution >= 0.6 is 38.6 Å². The Morgan fingerprint density at radius 2 is 2.19 bits per heavy atom. The monoisotopic (exact) mass is 316 g/mol. The molecule has 2 rings (SSSR count). The van der Waals surface area contributed by atoms with Crippen molar-refractivity contribution >= 4 is 38.6 Å². The molecule has 16 heavy (non-hydrogen) atoms. The number of thiophene rings is 1. The van der Waals surface area contributed by atoms with Gasteiger partial charge in [0.15, 0.2) is 0 Å². The van der Waals surface area contributed by atoms with Gasteiger partial charge < -0.3 is 5.32 Å². The van der Waals surface area contributed by atoms with Gasteiger partial charge in [-0.3, -0.25) is 0 Å². The summed E-state index contributed by atoms with van der Waals surface area (Å²) in [5.41, 5.74) is 1.14. The van der Waals surface area contributed by atoms with E-state index in [9.17, 15) is 0 Å². The number of halogens is 1. The predicted octanol–water partition coefficient (Wildman–Crippen LogP) is 3.89. The Morgan fingerprint density at radius 1 is 1.44 bits per heavy atom. The maximum Gasteiger partial charge on any atom is 0.115 e. The molecule has 86 valence electrons. The molecule has 0 saturated carbocycles. The van der Waals surface area contributed by atoms with Crippen LogP contribution in [0, 0.1) is 13.8 Å². The summed E-state index contributed by atoms with van der Waals surface area (Å²) in [5.74, 6) is 0. The zero-order valence-corrected chi connectivity index (χ0v) is 12.6. The summed E-state index contributed by atoms with van der Waals surface area (Å²) in [4.78, 5) is 7.21. The Bertz CT molecular complexity index is 470. The minimum absolute atomic E-state index is 0.216. The van der Waals surface area contributed by atoms with Crippen molar-refractivity contribution in [3.63, 3.8) is 0 Å². The van der Waals surface area contributed by atoms with Gasteiger partial charge in [0.05, 0.1) is 11.7 Å². The lowest BCUT2D eigenvalue weighted by Gasteiger charge is -2.10. The van der Waals surface area contributed by atoms with Crippen LogP contribution in [0.2, 0.25) is 0 Å². The average molecular weight is 317 g/mol. The number of hydrogen-bond donors (Lipinski definition) is 1. The third-order valence-corrected chi connectivity index (χ3v) is 5.35. The molecule has 0 saturated heterocycles. The van der Waals surface area contributed by atoms with Crippen LogP contribution in [0.15, 0.2) is 15.9 Å². The summed E-state index contributed by atoms with van der Waals surface area (Å²) < 4.78 is 1.14. The van der Waals surface area contributed by atoms with Crippen molar-refractivity contribution < 1.29 is 0 Å². The van der Waals surface area contributed by atoms with Crippen molar-refractivity contribution in [1.29, 1.82) is 0 Å². The third kappa shape index (κ3) is 2.37. The molecular formula is C11H13BrN2S2. The van der Waals surface area contributed by atoms with Crippen LogP contribution in [-0.4, -0.2) is 12.0 Å². The van der Waals surface area contributed by atoms with Gasteiger partial charge in [-0.15, -0.1) is 22.7 Å². The molecule has 0 aliphatic rings. The van der Waals surface area contributed by atoms with Crippen LogP contribution in [0.4, 0.5) is 0 Å². The molecule has 2 aromatic heterocycles. The summed E-state index contributed by atoms with van der Waals surface area (Å²) >= 11 is 7.01. The molecule has 0 aliphatic heterocycles. The van der Waals surface area contributed by atoms with Crippen LogP contribution < -0.4 is 5.32 Å². The highest BCUT2D eigenvalue weighted by Crippen LogP contribution is 2.32. The molecule has 2 aromatic rings. The van der Waals surface area contributed by atoms with Gasteiger partial charge in [-0.2, -0.15) is 0 Å². The molecular weight excluding hydrogens is 304 g/mol. The summed E-state index contributed by atoms with van der Waals surface area (Å²) in [7, 11) is 1.98. The highest BCUT2D eigenvalue weighted by Gasteiger charge is 2.18. The van der Waals surface area contributed by atoms with Crippen molar-refractivity contribution in [2.75, 3.05) is 7.05 Å². The lowest BCUT2D eigenvalue weighted by Crippen LogP contribution is -2.16. The average Bonchev–Trinajstić information content (AvgIpc) is 2.77. The maximum atomic E-state index is 4.61. The minimum Gasteiger partial charge on any atom is -0.307 e. The van der Waals surface area contributed by atoms with E-state index in [2.05, 4.69) is 51.5 Å². The normalized spacial score (nSPS) is 13.0. The van der Waals surface area contributed by atoms with E-state index in [1.807, 2.05) is 7.05 Å². The largest absolute Gasteiger partial charge is 0.307 e. The maximum absolute atomic E-state index is 4.61. The Labute approximate surface area is 112 Å². The van der Waals surface area contributed by atoms with Crippen LogP contribution in [0.3, 0.4) is 0 Å². The van der Waals surface area contributed by atoms with Crippen molar-refractivity contribution in [1.82, 2.24) is 10.3 Å². The first kappa shape index (κ1) is 12.2. The van der Waals surface area contributed by atoms with Gasteiger partial charge in [0.2, 0.25) is 0 Å². The fourth-order valence-corrected chi connectivity index (χ4v) is 4.17. The van der Waals surface area contributed by atoms with Gasteiger partial charge in [0.25, 0.3) is 0 Å². The molecule has 5 heteroatoms. The second-order valence-corrected chi connectivity index (χ2v) is 6.68. The van der Waals surface area contributed by atoms with Crippen LogP contribution in [0.5, 0.6) is 0 Å². The molecule has 2 nitrogen and oxygen atoms in total. The molecule has 0 aliphatic carbocycles. The number of aromatic nitrogens is 1. The fourth-order valence-electron chi connectivity index (χ4n) is 1.49. The van der Waals surface area contributed by atoms with Gasteiger partial charge in [0, 0.05) is 19.6 Å². The number of aryl methyl sites for hydroxylation is 2. The van der Waals surface area contributed by atoms with E-state index in [1.165, 1.54) is 9.75 Å². The Balaban J connectivity index is 2.36. The Kier molecular flexibility index (Phi) is 3.79. The molecule has 0 aromatic carbocycles. The van der Waals surface area contributed by atoms with Crippen molar-refractivity contribution in [2.45, 2.75) is 19.9 Å². The molecule has 0 spiro atoms. The van der Waals surface area contributed by atoms with E-state index in [4.69, 9.17) is 0 Å². The number of rotatable bonds is 3. The van der Waals surface area contributed by atoms with Crippen LogP contribution in [0.1, 0.15) is 26.5 Å². The summed E-state index contributed by atoms with van der Waals surface area (Å²) in [6.07, 6.45) is 0. The first-order valence-corrected chi connectivity index (χ1v) is 7.46. The van der Waals surface area contributed by atoms with E-state index < -0.39 is 0 Å². The number of hydrogen-bond acceptors (Lipinski definition) is 4. The third-order valence-electron chi connectivity index (χ3n) is 2.45. The molecule has 1 atom stereocenters. The molecule has 0 amide bonds. The standard InChI is InChI=1S/C11H13BrN2S2/c1-6-7(2)16-11(14-6)10(13-3)9-4-8(12)5-15-9/h4-5,10,13H,1-3H3. The summed E-state index contributed by atoms with van der Waals surface area (Å²) in [5, 5.41) is 6.58. The molecule has 0 radical (unpaired) electrons. The van der Waals surface area contributed by atoms with Crippen molar-refractivity contribution in [3.05, 3.63) is 36.4 Å². The number of nitrogens with zero attached hydrogens (tertiary/aromatic N) is 1. The second kappa shape index (κ2) is 4.96. The van der Waals surface area contributed by atoms with Gasteiger partial charge in [-0.1, -0.05) is 0 Å². The first-order chi connectivity index (χ1) is 7.61. The van der Waals surface area contributed by atoms with Gasteiger partial charge in [-0.25, -0.2) is 4.98 Å². The smallest absolute Gasteiger partial charge is 0.115 e. The lowest BCUT2D eigenvalue weighted by molar-refractivity contribution is 0.696. The first-order valence-electron chi connectivity index (χ1n) is 4.97. The molecule has 2 heterocycles. The van der Waals surface area contributed by atoms with E-state index in [1.54, 1.807) is 22.7 Å². The fraction of sp³-hybridized carbons (Fsp3) is 0.364. The van der Waals surface area contributed by atoms with E-state index >= 15 is 0 Å². The van der Waals surface area contributed by atoms with Crippen molar-refractivity contribution in [2.24, 2.45) is 0 Å². The minimum atomic E-state index is 0.216. The highest BCUT2D eigenvalue weighted by molar-refractivity contribution is 9.10. The van der Waals surface area contributed by atoms with E-state index in [0.29, 0.717) is 0 Å². The molecule has 1 N–H and O–H groups in total. The van der Waals surface area contributed by atoms with Gasteiger partial charge in [-0.05, 0) is 42.9 Å². The summed E-state index contributed by atoms with van der Waals surface area (Å²) in [6.45, 7) is 4.18. The zero-order chi connectivity index (χ0) is 11.7. The van der Waals surface area contributed by atoms with E-state index in [-0.39, 0.29) is 6.04 Å². The molecule has 1 unspecified atom stereocenters. The van der Waals surface area contributed by atoms with E-state index in [0.717, 1.165) is 15.2 Å². The number of nitrogens with one attached hydrogen (secondary N) is 1. The van der Waals surface area contributed by atoms with Crippen LogP contribution in [0.25, 0.3) is 0 Å². The topological polar surface area (TPSA) is 24.9 Å². The lowest BCUT2D eigenvalue weighted by atomic mass is 10.2. The van der Waals surface area contributed by atoms with Gasteiger partial charge in [0.1, 0.15) is 5.01 Å².